The van der Waals surface area contributed by atoms with Gasteiger partial charge in [0.15, 0.2) is 11.6 Å². The van der Waals surface area contributed by atoms with E-state index in [4.69, 9.17) is 4.74 Å². The fourth-order valence-electron chi connectivity index (χ4n) is 3.59. The monoisotopic (exact) mass is 326 g/mol. The second-order valence-electron chi connectivity index (χ2n) is 6.49. The molecule has 2 aromatic rings. The maximum Gasteiger partial charge on any atom is 0.251 e. The molecule has 0 spiro atoms. The number of hydrogen-bond acceptors (Lipinski definition) is 3. The molecular formula is C19H19FN2O2. The largest absolute Gasteiger partial charge is 0.454 e. The fourth-order valence-corrected chi connectivity index (χ4v) is 3.59. The third-order valence-corrected chi connectivity index (χ3v) is 4.83. The molecule has 1 aliphatic heterocycles. The lowest BCUT2D eigenvalue weighted by atomic mass is 10.1. The molecule has 0 aromatic heterocycles. The zero-order chi connectivity index (χ0) is 16.5. The van der Waals surface area contributed by atoms with Gasteiger partial charge >= 0.3 is 0 Å². The number of halogens is 1. The lowest BCUT2D eigenvalue weighted by Crippen LogP contribution is -2.47. The first kappa shape index (κ1) is 15.1. The van der Waals surface area contributed by atoms with Gasteiger partial charge in [0.25, 0.3) is 5.91 Å². The molecule has 3 atom stereocenters. The molecule has 2 aromatic carbocycles. The van der Waals surface area contributed by atoms with Crippen LogP contribution in [-0.2, 0) is 0 Å². The van der Waals surface area contributed by atoms with Crippen LogP contribution in [0.25, 0.3) is 0 Å². The molecule has 5 heteroatoms. The molecule has 24 heavy (non-hydrogen) atoms. The Balaban J connectivity index is 1.40. The molecule has 4 rings (SSSR count). The van der Waals surface area contributed by atoms with Gasteiger partial charge in [0.1, 0.15) is 5.75 Å². The maximum absolute atomic E-state index is 13.6. The molecule has 1 amide bonds. The number of ether oxygens (including phenoxy) is 1. The smallest absolute Gasteiger partial charge is 0.251 e. The van der Waals surface area contributed by atoms with E-state index in [1.165, 1.54) is 6.07 Å². The van der Waals surface area contributed by atoms with E-state index in [0.29, 0.717) is 23.3 Å². The molecule has 2 N–H and O–H groups in total. The van der Waals surface area contributed by atoms with Gasteiger partial charge in [0, 0.05) is 17.6 Å². The van der Waals surface area contributed by atoms with Crippen molar-refractivity contribution in [1.29, 1.82) is 0 Å². The summed E-state index contributed by atoms with van der Waals surface area (Å²) < 4.78 is 19.1. The number of piperidine rings is 1. The summed E-state index contributed by atoms with van der Waals surface area (Å²) in [5.41, 5.74) is 0.582. The molecule has 0 radical (unpaired) electrons. The van der Waals surface area contributed by atoms with Crippen molar-refractivity contribution in [3.8, 4) is 11.5 Å². The van der Waals surface area contributed by atoms with E-state index in [9.17, 15) is 9.18 Å². The summed E-state index contributed by atoms with van der Waals surface area (Å²) >= 11 is 0. The third kappa shape index (κ3) is 2.99. The molecule has 1 heterocycles. The number of hydrogen-bond donors (Lipinski definition) is 2. The average molecular weight is 326 g/mol. The van der Waals surface area contributed by atoms with E-state index < -0.39 is 5.82 Å². The number of benzene rings is 2. The first-order valence-corrected chi connectivity index (χ1v) is 8.26. The third-order valence-electron chi connectivity index (χ3n) is 4.83. The Kier molecular flexibility index (Phi) is 3.94. The van der Waals surface area contributed by atoms with Crippen LogP contribution >= 0.6 is 0 Å². The van der Waals surface area contributed by atoms with Crippen LogP contribution in [0.15, 0.2) is 48.5 Å². The maximum atomic E-state index is 13.6. The standard InChI is InChI=1S/C19H19FN2O2/c20-15-3-1-2-4-18(15)24-14-7-5-13(6-8-14)19(23)22-17-10-12-9-16(17)21-11-12/h1-8,12,16-17,21H,9-11H2,(H,22,23). The van der Waals surface area contributed by atoms with E-state index in [-0.39, 0.29) is 17.7 Å². The van der Waals surface area contributed by atoms with E-state index in [1.54, 1.807) is 42.5 Å². The van der Waals surface area contributed by atoms with E-state index in [1.807, 2.05) is 0 Å². The van der Waals surface area contributed by atoms with Crippen molar-refractivity contribution in [1.82, 2.24) is 10.6 Å². The SMILES string of the molecule is O=C(NC1CC2CNC1C2)c1ccc(Oc2ccccc2F)cc1. The van der Waals surface area contributed by atoms with Gasteiger partial charge < -0.3 is 15.4 Å². The minimum Gasteiger partial charge on any atom is -0.454 e. The van der Waals surface area contributed by atoms with E-state index in [0.717, 1.165) is 19.4 Å². The van der Waals surface area contributed by atoms with Gasteiger partial charge in [-0.3, -0.25) is 4.79 Å². The van der Waals surface area contributed by atoms with Gasteiger partial charge in [0.05, 0.1) is 0 Å². The molecule has 1 aliphatic carbocycles. The number of amides is 1. The van der Waals surface area contributed by atoms with Crippen LogP contribution in [0, 0.1) is 11.7 Å². The van der Waals surface area contributed by atoms with Crippen molar-refractivity contribution < 1.29 is 13.9 Å². The van der Waals surface area contributed by atoms with Crippen LogP contribution < -0.4 is 15.4 Å². The molecule has 4 nitrogen and oxygen atoms in total. The number of nitrogens with one attached hydrogen (secondary N) is 2. The number of carbonyl (C=O) groups is 1. The molecule has 124 valence electrons. The van der Waals surface area contributed by atoms with Crippen LogP contribution in [0.3, 0.4) is 0 Å². The summed E-state index contributed by atoms with van der Waals surface area (Å²) in [4.78, 5) is 12.4. The Morgan fingerprint density at radius 3 is 2.58 bits per heavy atom. The van der Waals surface area contributed by atoms with Gasteiger partial charge in [-0.15, -0.1) is 0 Å². The minimum atomic E-state index is -0.414. The summed E-state index contributed by atoms with van der Waals surface area (Å²) in [6, 6.07) is 13.6. The number of carbonyl (C=O) groups excluding carboxylic acids is 1. The lowest BCUT2D eigenvalue weighted by molar-refractivity contribution is 0.0928. The fraction of sp³-hybridized carbons (Fsp3) is 0.316. The Bertz CT molecular complexity index is 747. The highest BCUT2D eigenvalue weighted by atomic mass is 19.1. The van der Waals surface area contributed by atoms with Crippen molar-refractivity contribution in [3.63, 3.8) is 0 Å². The summed E-state index contributed by atoms with van der Waals surface area (Å²) in [6.07, 6.45) is 2.21. The summed E-state index contributed by atoms with van der Waals surface area (Å²) in [5.74, 6) is 0.868. The normalized spacial score (nSPS) is 24.8. The van der Waals surface area contributed by atoms with Crippen molar-refractivity contribution in [2.45, 2.75) is 24.9 Å². The number of para-hydroxylation sites is 1. The van der Waals surface area contributed by atoms with E-state index in [2.05, 4.69) is 10.6 Å². The molecule has 1 saturated carbocycles. The zero-order valence-corrected chi connectivity index (χ0v) is 13.2. The Morgan fingerprint density at radius 2 is 1.92 bits per heavy atom. The summed E-state index contributed by atoms with van der Waals surface area (Å²) in [6.45, 7) is 1.07. The van der Waals surface area contributed by atoms with Crippen molar-refractivity contribution in [2.24, 2.45) is 5.92 Å². The van der Waals surface area contributed by atoms with Gasteiger partial charge in [-0.25, -0.2) is 4.39 Å². The van der Waals surface area contributed by atoms with Crippen molar-refractivity contribution in [2.75, 3.05) is 6.54 Å². The number of fused-ring (bicyclic) bond motifs is 2. The summed E-state index contributed by atoms with van der Waals surface area (Å²) in [7, 11) is 0. The second-order valence-corrected chi connectivity index (χ2v) is 6.49. The van der Waals surface area contributed by atoms with Gasteiger partial charge in [-0.1, -0.05) is 12.1 Å². The van der Waals surface area contributed by atoms with Crippen molar-refractivity contribution in [3.05, 3.63) is 59.9 Å². The lowest BCUT2D eigenvalue weighted by Gasteiger charge is -2.24. The molecular weight excluding hydrogens is 307 g/mol. The number of rotatable bonds is 4. The van der Waals surface area contributed by atoms with Crippen LogP contribution in [-0.4, -0.2) is 24.5 Å². The van der Waals surface area contributed by atoms with Crippen LogP contribution in [0.4, 0.5) is 4.39 Å². The van der Waals surface area contributed by atoms with Gasteiger partial charge in [-0.05, 0) is 61.7 Å². The predicted octanol–water partition coefficient (Wildman–Crippen LogP) is 3.10. The Labute approximate surface area is 140 Å². The van der Waals surface area contributed by atoms with Crippen LogP contribution in [0.2, 0.25) is 0 Å². The average Bonchev–Trinajstić information content (AvgIpc) is 3.20. The second kappa shape index (κ2) is 6.24. The molecule has 3 unspecified atom stereocenters. The molecule has 1 saturated heterocycles. The van der Waals surface area contributed by atoms with Crippen LogP contribution in [0.5, 0.6) is 11.5 Å². The van der Waals surface area contributed by atoms with Crippen LogP contribution in [0.1, 0.15) is 23.2 Å². The highest BCUT2D eigenvalue weighted by Gasteiger charge is 2.39. The van der Waals surface area contributed by atoms with Gasteiger partial charge in [0.2, 0.25) is 0 Å². The Morgan fingerprint density at radius 1 is 1.12 bits per heavy atom. The van der Waals surface area contributed by atoms with Crippen molar-refractivity contribution >= 4 is 5.91 Å². The molecule has 2 fully saturated rings. The Hall–Kier alpha value is -2.40. The summed E-state index contributed by atoms with van der Waals surface area (Å²) in [5, 5.41) is 6.54. The molecule has 2 aliphatic rings. The van der Waals surface area contributed by atoms with E-state index >= 15 is 0 Å². The zero-order valence-electron chi connectivity index (χ0n) is 13.2. The topological polar surface area (TPSA) is 50.4 Å². The minimum absolute atomic E-state index is 0.0770. The first-order valence-electron chi connectivity index (χ1n) is 8.26. The highest BCUT2D eigenvalue weighted by Crippen LogP contribution is 2.31. The quantitative estimate of drug-likeness (QED) is 0.908. The molecule has 2 bridgehead atoms. The predicted molar refractivity (Wildman–Crippen MR) is 88.7 cm³/mol. The first-order chi connectivity index (χ1) is 11.7. The van der Waals surface area contributed by atoms with Gasteiger partial charge in [-0.2, -0.15) is 0 Å². The highest BCUT2D eigenvalue weighted by molar-refractivity contribution is 5.94.